The number of rotatable bonds is 4. The Hall–Kier alpha value is -0.790. The van der Waals surface area contributed by atoms with Crippen molar-refractivity contribution in [3.63, 3.8) is 0 Å². The molecular weight excluding hydrogens is 206 g/mol. The van der Waals surface area contributed by atoms with Gasteiger partial charge in [0.1, 0.15) is 0 Å². The summed E-state index contributed by atoms with van der Waals surface area (Å²) in [6, 6.07) is -0.00796. The smallest absolute Gasteiger partial charge is 0.186 e. The van der Waals surface area contributed by atoms with Crippen LogP contribution >= 0.6 is 23.3 Å². The second-order valence-electron chi connectivity index (χ2n) is 2.56. The second-order valence-corrected chi connectivity index (χ2v) is 3.44. The predicted molar refractivity (Wildman–Crippen MR) is 56.1 cm³/mol. The second kappa shape index (κ2) is 5.05. The molecule has 0 aliphatic carbocycles. The topological polar surface area (TPSA) is 37.8 Å². The summed E-state index contributed by atoms with van der Waals surface area (Å²) < 4.78 is 7.81. The zero-order valence-electron chi connectivity index (χ0n) is 7.25. The first-order chi connectivity index (χ1) is 6.27. The van der Waals surface area contributed by atoms with Gasteiger partial charge in [0.25, 0.3) is 0 Å². The SMILES string of the molecule is C#CC(CCC)Nc1nsnc1Cl. The molecule has 1 aromatic rings. The van der Waals surface area contributed by atoms with Crippen molar-refractivity contribution in [2.45, 2.75) is 25.8 Å². The summed E-state index contributed by atoms with van der Waals surface area (Å²) in [6.45, 7) is 2.08. The highest BCUT2D eigenvalue weighted by Crippen LogP contribution is 2.19. The minimum Gasteiger partial charge on any atom is -0.353 e. The van der Waals surface area contributed by atoms with E-state index in [4.69, 9.17) is 18.0 Å². The first-order valence-electron chi connectivity index (χ1n) is 3.98. The third kappa shape index (κ3) is 2.87. The van der Waals surface area contributed by atoms with Crippen molar-refractivity contribution in [2.24, 2.45) is 0 Å². The van der Waals surface area contributed by atoms with Crippen LogP contribution in [0.1, 0.15) is 19.8 Å². The van der Waals surface area contributed by atoms with Gasteiger partial charge in [-0.25, -0.2) is 0 Å². The largest absolute Gasteiger partial charge is 0.353 e. The Balaban J connectivity index is 2.57. The Morgan fingerprint density at radius 2 is 2.46 bits per heavy atom. The molecular formula is C8H10ClN3S. The van der Waals surface area contributed by atoms with Crippen molar-refractivity contribution < 1.29 is 0 Å². The lowest BCUT2D eigenvalue weighted by Crippen LogP contribution is -2.17. The zero-order valence-corrected chi connectivity index (χ0v) is 8.82. The zero-order chi connectivity index (χ0) is 9.68. The molecule has 1 N–H and O–H groups in total. The molecule has 0 radical (unpaired) electrons. The minimum absolute atomic E-state index is 0.00796. The lowest BCUT2D eigenvalue weighted by Gasteiger charge is -2.10. The summed E-state index contributed by atoms with van der Waals surface area (Å²) in [7, 11) is 0. The number of anilines is 1. The van der Waals surface area contributed by atoms with Crippen LogP contribution in [0.15, 0.2) is 0 Å². The molecule has 0 amide bonds. The number of hydrogen-bond donors (Lipinski definition) is 1. The molecule has 0 saturated carbocycles. The Kier molecular flexibility index (Phi) is 4.00. The molecule has 0 fully saturated rings. The first-order valence-corrected chi connectivity index (χ1v) is 5.09. The van der Waals surface area contributed by atoms with E-state index in [0.29, 0.717) is 11.0 Å². The number of nitrogens with zero attached hydrogens (tertiary/aromatic N) is 2. The molecule has 1 heterocycles. The Labute approximate surface area is 86.8 Å². The highest BCUT2D eigenvalue weighted by Gasteiger charge is 2.09. The fourth-order valence-electron chi connectivity index (χ4n) is 0.915. The van der Waals surface area contributed by atoms with Gasteiger partial charge in [-0.05, 0) is 6.42 Å². The van der Waals surface area contributed by atoms with Crippen LogP contribution in [0.2, 0.25) is 5.15 Å². The predicted octanol–water partition coefficient (Wildman–Crippen LogP) is 2.41. The molecule has 0 saturated heterocycles. The number of nitrogens with one attached hydrogen (secondary N) is 1. The average Bonchev–Trinajstić information content (AvgIpc) is 2.51. The van der Waals surface area contributed by atoms with Crippen LogP contribution in [0.5, 0.6) is 0 Å². The van der Waals surface area contributed by atoms with Gasteiger partial charge in [0.2, 0.25) is 0 Å². The maximum absolute atomic E-state index is 5.75. The average molecular weight is 216 g/mol. The van der Waals surface area contributed by atoms with Gasteiger partial charge in [-0.3, -0.25) is 0 Å². The molecule has 1 rings (SSSR count). The maximum Gasteiger partial charge on any atom is 0.186 e. The van der Waals surface area contributed by atoms with Crippen molar-refractivity contribution in [1.29, 1.82) is 0 Å². The van der Waals surface area contributed by atoms with Crippen molar-refractivity contribution in [3.05, 3.63) is 5.15 Å². The number of terminal acetylenes is 1. The van der Waals surface area contributed by atoms with E-state index < -0.39 is 0 Å². The standard InChI is InChI=1S/C8H10ClN3S/c1-3-5-6(4-2)10-8-7(9)11-13-12-8/h2,6H,3,5H2,1H3,(H,10,12). The molecule has 0 bridgehead atoms. The van der Waals surface area contributed by atoms with Crippen LogP contribution in [-0.4, -0.2) is 14.8 Å². The third-order valence-electron chi connectivity index (χ3n) is 1.54. The van der Waals surface area contributed by atoms with Crippen molar-refractivity contribution >= 4 is 29.1 Å². The Morgan fingerprint density at radius 1 is 1.69 bits per heavy atom. The molecule has 13 heavy (non-hydrogen) atoms. The van der Waals surface area contributed by atoms with Gasteiger partial charge < -0.3 is 5.32 Å². The molecule has 0 spiro atoms. The lowest BCUT2D eigenvalue weighted by molar-refractivity contribution is 0.754. The van der Waals surface area contributed by atoms with E-state index in [1.165, 1.54) is 0 Å². The van der Waals surface area contributed by atoms with Gasteiger partial charge in [0.05, 0.1) is 17.8 Å². The van der Waals surface area contributed by atoms with Crippen molar-refractivity contribution in [3.8, 4) is 12.3 Å². The molecule has 1 atom stereocenters. The molecule has 3 nitrogen and oxygen atoms in total. The molecule has 0 aromatic carbocycles. The lowest BCUT2D eigenvalue weighted by atomic mass is 10.2. The summed E-state index contributed by atoms with van der Waals surface area (Å²) in [5, 5.41) is 3.44. The third-order valence-corrected chi connectivity index (χ3v) is 2.43. The van der Waals surface area contributed by atoms with Gasteiger partial charge >= 0.3 is 0 Å². The summed E-state index contributed by atoms with van der Waals surface area (Å²) in [5.74, 6) is 3.22. The van der Waals surface area contributed by atoms with Crippen LogP contribution in [0.3, 0.4) is 0 Å². The van der Waals surface area contributed by atoms with Gasteiger partial charge in [-0.2, -0.15) is 8.75 Å². The molecule has 1 unspecified atom stereocenters. The summed E-state index contributed by atoms with van der Waals surface area (Å²) in [6.07, 6.45) is 7.26. The van der Waals surface area contributed by atoms with E-state index in [9.17, 15) is 0 Å². The molecule has 1 aromatic heterocycles. The van der Waals surface area contributed by atoms with E-state index in [1.54, 1.807) is 0 Å². The van der Waals surface area contributed by atoms with E-state index in [2.05, 4.69) is 26.9 Å². The summed E-state index contributed by atoms with van der Waals surface area (Å²) >= 11 is 6.82. The number of hydrogen-bond acceptors (Lipinski definition) is 4. The van der Waals surface area contributed by atoms with E-state index in [0.717, 1.165) is 24.6 Å². The van der Waals surface area contributed by atoms with Crippen LogP contribution < -0.4 is 5.32 Å². The Morgan fingerprint density at radius 3 is 2.92 bits per heavy atom. The first kappa shape index (κ1) is 10.3. The van der Waals surface area contributed by atoms with Crippen molar-refractivity contribution in [1.82, 2.24) is 8.75 Å². The van der Waals surface area contributed by atoms with E-state index >= 15 is 0 Å². The summed E-state index contributed by atoms with van der Waals surface area (Å²) in [5.41, 5.74) is 0. The van der Waals surface area contributed by atoms with Crippen LogP contribution in [0.4, 0.5) is 5.82 Å². The fourth-order valence-corrected chi connectivity index (χ4v) is 1.57. The van der Waals surface area contributed by atoms with Gasteiger partial charge in [-0.15, -0.1) is 6.42 Å². The normalized spacial score (nSPS) is 12.1. The van der Waals surface area contributed by atoms with Crippen LogP contribution in [0, 0.1) is 12.3 Å². The monoisotopic (exact) mass is 215 g/mol. The number of aromatic nitrogens is 2. The van der Waals surface area contributed by atoms with E-state index in [-0.39, 0.29) is 6.04 Å². The maximum atomic E-state index is 5.75. The van der Waals surface area contributed by atoms with E-state index in [1.807, 2.05) is 0 Å². The van der Waals surface area contributed by atoms with Crippen molar-refractivity contribution in [2.75, 3.05) is 5.32 Å². The quantitative estimate of drug-likeness (QED) is 0.784. The highest BCUT2D eigenvalue weighted by atomic mass is 35.5. The minimum atomic E-state index is -0.00796. The van der Waals surface area contributed by atoms with Gasteiger partial charge in [-0.1, -0.05) is 30.9 Å². The summed E-state index contributed by atoms with van der Waals surface area (Å²) in [4.78, 5) is 0. The number of halogens is 1. The molecule has 70 valence electrons. The molecule has 0 aliphatic rings. The highest BCUT2D eigenvalue weighted by molar-refractivity contribution is 6.99. The molecule has 5 heteroatoms. The fraction of sp³-hybridized carbons (Fsp3) is 0.500. The van der Waals surface area contributed by atoms with Gasteiger partial charge in [0, 0.05) is 0 Å². The van der Waals surface area contributed by atoms with Crippen LogP contribution in [-0.2, 0) is 0 Å². The Bertz CT molecular complexity index is 305. The van der Waals surface area contributed by atoms with Crippen LogP contribution in [0.25, 0.3) is 0 Å². The van der Waals surface area contributed by atoms with Gasteiger partial charge in [0.15, 0.2) is 11.0 Å². The molecule has 0 aliphatic heterocycles.